The third-order valence-corrected chi connectivity index (χ3v) is 3.11. The molecule has 0 unspecified atom stereocenters. The minimum absolute atomic E-state index is 0.142. The molecule has 3 nitrogen and oxygen atoms in total. The molecule has 1 N–H and O–H groups in total. The van der Waals surface area contributed by atoms with E-state index in [1.807, 2.05) is 0 Å². The van der Waals surface area contributed by atoms with Crippen LogP contribution in [0.1, 0.15) is 44.7 Å². The van der Waals surface area contributed by atoms with Gasteiger partial charge in [-0.1, -0.05) is 45.0 Å². The second-order valence-electron chi connectivity index (χ2n) is 5.80. The topological polar surface area (TPSA) is 38.3 Å². The van der Waals surface area contributed by atoms with Crippen LogP contribution in [-0.4, -0.2) is 19.6 Å². The Morgan fingerprint density at radius 3 is 2.37 bits per heavy atom. The summed E-state index contributed by atoms with van der Waals surface area (Å²) in [6, 6.07) is 8.69. The van der Waals surface area contributed by atoms with Crippen molar-refractivity contribution in [2.45, 2.75) is 45.6 Å². The molecule has 0 radical (unpaired) electrons. The molecular weight excluding hydrogens is 238 g/mol. The molecule has 1 aromatic rings. The van der Waals surface area contributed by atoms with Crippen LogP contribution >= 0.6 is 0 Å². The van der Waals surface area contributed by atoms with Gasteiger partial charge in [0.15, 0.2) is 0 Å². The molecule has 0 atom stereocenters. The molecule has 3 heteroatoms. The fraction of sp³-hybridized carbons (Fsp3) is 0.562. The minimum atomic E-state index is -0.142. The van der Waals surface area contributed by atoms with Crippen LogP contribution in [0.5, 0.6) is 0 Å². The average Bonchev–Trinajstić information content (AvgIpc) is 2.37. The molecule has 0 aromatic heterocycles. The second kappa shape index (κ2) is 7.29. The Balaban J connectivity index is 2.29. The number of nitrogens with one attached hydrogen (secondary N) is 1. The van der Waals surface area contributed by atoms with Crippen molar-refractivity contribution in [1.82, 2.24) is 5.32 Å². The van der Waals surface area contributed by atoms with Crippen LogP contribution in [0.3, 0.4) is 0 Å². The lowest BCUT2D eigenvalue weighted by Crippen LogP contribution is -2.16. The summed E-state index contributed by atoms with van der Waals surface area (Å²) < 4.78 is 4.59. The molecular formula is C16H25NO2. The minimum Gasteiger partial charge on any atom is -0.469 e. The first-order valence-electron chi connectivity index (χ1n) is 6.80. The summed E-state index contributed by atoms with van der Waals surface area (Å²) in [6.45, 7) is 8.31. The van der Waals surface area contributed by atoms with Crippen LogP contribution in [-0.2, 0) is 21.5 Å². The lowest BCUT2D eigenvalue weighted by Gasteiger charge is -2.19. The molecule has 0 aliphatic carbocycles. The van der Waals surface area contributed by atoms with E-state index in [1.165, 1.54) is 18.2 Å². The zero-order valence-corrected chi connectivity index (χ0v) is 12.5. The fourth-order valence-electron chi connectivity index (χ4n) is 1.82. The maximum atomic E-state index is 10.9. The van der Waals surface area contributed by atoms with Crippen molar-refractivity contribution in [3.63, 3.8) is 0 Å². The van der Waals surface area contributed by atoms with E-state index in [2.05, 4.69) is 55.1 Å². The van der Waals surface area contributed by atoms with Gasteiger partial charge in [-0.2, -0.15) is 0 Å². The highest BCUT2D eigenvalue weighted by molar-refractivity contribution is 5.69. The molecule has 0 fully saturated rings. The third kappa shape index (κ3) is 5.88. The summed E-state index contributed by atoms with van der Waals surface area (Å²) in [7, 11) is 1.42. The maximum absolute atomic E-state index is 10.9. The highest BCUT2D eigenvalue weighted by Gasteiger charge is 2.12. The fourth-order valence-corrected chi connectivity index (χ4v) is 1.82. The van der Waals surface area contributed by atoms with Gasteiger partial charge in [0.2, 0.25) is 0 Å². The van der Waals surface area contributed by atoms with Gasteiger partial charge in [-0.3, -0.25) is 4.79 Å². The molecule has 0 amide bonds. The molecule has 0 heterocycles. The van der Waals surface area contributed by atoms with Gasteiger partial charge in [0.1, 0.15) is 0 Å². The van der Waals surface area contributed by atoms with Gasteiger partial charge in [-0.05, 0) is 29.5 Å². The SMILES string of the molecule is COC(=O)CCCNCc1ccc(C(C)(C)C)cc1. The average molecular weight is 263 g/mol. The summed E-state index contributed by atoms with van der Waals surface area (Å²) in [5.41, 5.74) is 2.82. The number of esters is 1. The van der Waals surface area contributed by atoms with E-state index in [9.17, 15) is 4.79 Å². The number of benzene rings is 1. The molecule has 0 aliphatic rings. The smallest absolute Gasteiger partial charge is 0.305 e. The highest BCUT2D eigenvalue weighted by Crippen LogP contribution is 2.22. The van der Waals surface area contributed by atoms with Crippen molar-refractivity contribution in [2.24, 2.45) is 0 Å². The van der Waals surface area contributed by atoms with Gasteiger partial charge in [-0.25, -0.2) is 0 Å². The van der Waals surface area contributed by atoms with Crippen molar-refractivity contribution < 1.29 is 9.53 Å². The van der Waals surface area contributed by atoms with Crippen LogP contribution in [0, 0.1) is 0 Å². The largest absolute Gasteiger partial charge is 0.469 e. The summed E-state index contributed by atoms with van der Waals surface area (Å²) >= 11 is 0. The Labute approximate surface area is 116 Å². The molecule has 0 saturated heterocycles. The van der Waals surface area contributed by atoms with E-state index >= 15 is 0 Å². The highest BCUT2D eigenvalue weighted by atomic mass is 16.5. The van der Waals surface area contributed by atoms with E-state index < -0.39 is 0 Å². The van der Waals surface area contributed by atoms with Gasteiger partial charge in [0, 0.05) is 13.0 Å². The lowest BCUT2D eigenvalue weighted by atomic mass is 9.87. The molecule has 0 bridgehead atoms. The zero-order chi connectivity index (χ0) is 14.3. The second-order valence-corrected chi connectivity index (χ2v) is 5.80. The Morgan fingerprint density at radius 2 is 1.84 bits per heavy atom. The van der Waals surface area contributed by atoms with Gasteiger partial charge in [0.05, 0.1) is 7.11 Å². The molecule has 0 spiro atoms. The van der Waals surface area contributed by atoms with Gasteiger partial charge < -0.3 is 10.1 Å². The van der Waals surface area contributed by atoms with Crippen molar-refractivity contribution in [1.29, 1.82) is 0 Å². The summed E-state index contributed by atoms with van der Waals surface area (Å²) in [5.74, 6) is -0.142. The Bertz CT molecular complexity index is 390. The number of carbonyl (C=O) groups is 1. The monoisotopic (exact) mass is 263 g/mol. The Hall–Kier alpha value is -1.35. The van der Waals surface area contributed by atoms with Crippen molar-refractivity contribution >= 4 is 5.97 Å². The van der Waals surface area contributed by atoms with Crippen LogP contribution in [0.15, 0.2) is 24.3 Å². The number of hydrogen-bond acceptors (Lipinski definition) is 3. The van der Waals surface area contributed by atoms with Crippen molar-refractivity contribution in [3.05, 3.63) is 35.4 Å². The zero-order valence-electron chi connectivity index (χ0n) is 12.5. The van der Waals surface area contributed by atoms with Gasteiger partial charge >= 0.3 is 5.97 Å². The summed E-state index contributed by atoms with van der Waals surface area (Å²) in [5, 5.41) is 3.33. The molecule has 0 saturated carbocycles. The molecule has 0 aliphatic heterocycles. The van der Waals surface area contributed by atoms with Crippen LogP contribution < -0.4 is 5.32 Å². The molecule has 19 heavy (non-hydrogen) atoms. The van der Waals surface area contributed by atoms with Gasteiger partial charge in [0.25, 0.3) is 0 Å². The van der Waals surface area contributed by atoms with Gasteiger partial charge in [-0.15, -0.1) is 0 Å². The summed E-state index contributed by atoms with van der Waals surface area (Å²) in [4.78, 5) is 10.9. The van der Waals surface area contributed by atoms with Crippen LogP contribution in [0.25, 0.3) is 0 Å². The Kier molecular flexibility index (Phi) is 6.03. The molecule has 1 rings (SSSR count). The first kappa shape index (κ1) is 15.7. The maximum Gasteiger partial charge on any atom is 0.305 e. The predicted octanol–water partition coefficient (Wildman–Crippen LogP) is 3.03. The number of hydrogen-bond donors (Lipinski definition) is 1. The molecule has 1 aromatic carbocycles. The molecule has 106 valence electrons. The van der Waals surface area contributed by atoms with E-state index in [4.69, 9.17) is 0 Å². The van der Waals surface area contributed by atoms with E-state index in [-0.39, 0.29) is 11.4 Å². The van der Waals surface area contributed by atoms with E-state index in [1.54, 1.807) is 0 Å². The first-order valence-corrected chi connectivity index (χ1v) is 6.80. The quantitative estimate of drug-likeness (QED) is 0.633. The lowest BCUT2D eigenvalue weighted by molar-refractivity contribution is -0.140. The van der Waals surface area contributed by atoms with Crippen LogP contribution in [0.2, 0.25) is 0 Å². The number of rotatable bonds is 6. The predicted molar refractivity (Wildman–Crippen MR) is 78.1 cm³/mol. The standard InChI is InChI=1S/C16H25NO2/c1-16(2,3)14-9-7-13(8-10-14)12-17-11-5-6-15(18)19-4/h7-10,17H,5-6,11-12H2,1-4H3. The van der Waals surface area contributed by atoms with E-state index in [0.717, 1.165) is 19.5 Å². The normalized spacial score (nSPS) is 11.4. The van der Waals surface area contributed by atoms with Crippen LogP contribution in [0.4, 0.5) is 0 Å². The summed E-state index contributed by atoms with van der Waals surface area (Å²) in [6.07, 6.45) is 1.29. The number of methoxy groups -OCH3 is 1. The Morgan fingerprint density at radius 1 is 1.21 bits per heavy atom. The number of ether oxygens (including phenoxy) is 1. The van der Waals surface area contributed by atoms with Crippen molar-refractivity contribution in [3.8, 4) is 0 Å². The third-order valence-electron chi connectivity index (χ3n) is 3.11. The van der Waals surface area contributed by atoms with E-state index in [0.29, 0.717) is 6.42 Å². The van der Waals surface area contributed by atoms with Crippen molar-refractivity contribution in [2.75, 3.05) is 13.7 Å². The first-order chi connectivity index (χ1) is 8.93. The number of carbonyl (C=O) groups excluding carboxylic acids is 1.